The van der Waals surface area contributed by atoms with E-state index in [0.29, 0.717) is 18.8 Å². The van der Waals surface area contributed by atoms with Crippen molar-refractivity contribution in [3.8, 4) is 5.75 Å². The van der Waals surface area contributed by atoms with Gasteiger partial charge in [0.25, 0.3) is 0 Å². The van der Waals surface area contributed by atoms with Crippen molar-refractivity contribution in [1.29, 1.82) is 0 Å². The Bertz CT molecular complexity index is 1130. The van der Waals surface area contributed by atoms with Crippen molar-refractivity contribution in [3.63, 3.8) is 0 Å². The van der Waals surface area contributed by atoms with Gasteiger partial charge in [0.05, 0.1) is 0 Å². The highest BCUT2D eigenvalue weighted by molar-refractivity contribution is 5.98. The Balaban J connectivity index is 0.000000493. The van der Waals surface area contributed by atoms with Crippen LogP contribution in [0.15, 0.2) is 97.1 Å². The first-order valence-corrected chi connectivity index (χ1v) is 11.7. The van der Waals surface area contributed by atoms with Gasteiger partial charge in [-0.1, -0.05) is 79.7 Å². The molecule has 0 fully saturated rings. The van der Waals surface area contributed by atoms with Crippen LogP contribution in [0.3, 0.4) is 0 Å². The third-order valence-electron chi connectivity index (χ3n) is 5.16. The molecule has 6 nitrogen and oxygen atoms in total. The van der Waals surface area contributed by atoms with E-state index >= 15 is 0 Å². The molecule has 0 radical (unpaired) electrons. The predicted octanol–water partition coefficient (Wildman–Crippen LogP) is 5.71. The monoisotopic (exact) mass is 487 g/mol. The SMILES string of the molecule is CC/C(=C(\c1ccccc1)c1ccc(OCCN(C)C)cc1)c1ccccc1.O=C(O)/C=C/C(=O)O. The fourth-order valence-corrected chi connectivity index (χ4v) is 3.49. The molecule has 188 valence electrons. The van der Waals surface area contributed by atoms with Crippen LogP contribution in [0, 0.1) is 0 Å². The molecule has 0 aliphatic rings. The molecule has 0 aromatic heterocycles. The number of carboxylic acids is 2. The van der Waals surface area contributed by atoms with Crippen LogP contribution in [0.25, 0.3) is 11.1 Å². The maximum absolute atomic E-state index is 9.55. The van der Waals surface area contributed by atoms with E-state index in [0.717, 1.165) is 18.7 Å². The second-order valence-corrected chi connectivity index (χ2v) is 8.13. The molecule has 0 aliphatic heterocycles. The lowest BCUT2D eigenvalue weighted by atomic mass is 9.88. The highest BCUT2D eigenvalue weighted by atomic mass is 16.5. The van der Waals surface area contributed by atoms with Gasteiger partial charge in [-0.25, -0.2) is 9.59 Å². The molecule has 0 aliphatic carbocycles. The van der Waals surface area contributed by atoms with E-state index in [9.17, 15) is 9.59 Å². The lowest BCUT2D eigenvalue weighted by Crippen LogP contribution is -2.19. The number of carbonyl (C=O) groups is 2. The smallest absolute Gasteiger partial charge is 0.328 e. The average molecular weight is 488 g/mol. The van der Waals surface area contributed by atoms with Crippen molar-refractivity contribution in [2.45, 2.75) is 13.3 Å². The molecule has 0 spiro atoms. The molecule has 0 amide bonds. The Morgan fingerprint density at radius 1 is 0.750 bits per heavy atom. The summed E-state index contributed by atoms with van der Waals surface area (Å²) in [5.41, 5.74) is 6.37. The zero-order chi connectivity index (χ0) is 26.3. The van der Waals surface area contributed by atoms with Crippen LogP contribution in [-0.4, -0.2) is 54.3 Å². The number of allylic oxidation sites excluding steroid dienone is 1. The first kappa shape index (κ1) is 28.1. The van der Waals surface area contributed by atoms with Gasteiger partial charge in [-0.05, 0) is 60.5 Å². The molecule has 0 bridgehead atoms. The minimum Gasteiger partial charge on any atom is -0.492 e. The highest BCUT2D eigenvalue weighted by Crippen LogP contribution is 2.34. The average Bonchev–Trinajstić information content (AvgIpc) is 2.88. The standard InChI is InChI=1S/C26H29NO.C4H4O4/c1-4-25(21-11-7-5-8-12-21)26(22-13-9-6-10-14-22)23-15-17-24(18-16-23)28-20-19-27(2)3;5-3(6)1-2-4(7)8/h5-18H,4,19-20H2,1-3H3;1-2H,(H,5,6)(H,7,8)/b26-25-;2-1+. The van der Waals surface area contributed by atoms with Crippen molar-refractivity contribution in [2.75, 3.05) is 27.2 Å². The third-order valence-corrected chi connectivity index (χ3v) is 5.16. The number of likely N-dealkylation sites (N-methyl/N-ethyl adjacent to an activating group) is 1. The van der Waals surface area contributed by atoms with Crippen LogP contribution in [-0.2, 0) is 9.59 Å². The molecule has 0 saturated heterocycles. The first-order valence-electron chi connectivity index (χ1n) is 11.7. The van der Waals surface area contributed by atoms with Gasteiger partial charge in [0, 0.05) is 18.7 Å². The molecule has 3 rings (SSSR count). The van der Waals surface area contributed by atoms with E-state index in [1.807, 2.05) is 0 Å². The summed E-state index contributed by atoms with van der Waals surface area (Å²) < 4.78 is 5.87. The van der Waals surface area contributed by atoms with E-state index < -0.39 is 11.9 Å². The Morgan fingerprint density at radius 2 is 1.22 bits per heavy atom. The lowest BCUT2D eigenvalue weighted by molar-refractivity contribution is -0.134. The largest absolute Gasteiger partial charge is 0.492 e. The van der Waals surface area contributed by atoms with E-state index in [1.165, 1.54) is 27.8 Å². The van der Waals surface area contributed by atoms with Crippen LogP contribution in [0.5, 0.6) is 5.75 Å². The van der Waals surface area contributed by atoms with Gasteiger partial charge in [-0.15, -0.1) is 0 Å². The Kier molecular flexibility index (Phi) is 11.7. The molecule has 6 heteroatoms. The zero-order valence-corrected chi connectivity index (χ0v) is 20.9. The van der Waals surface area contributed by atoms with Crippen molar-refractivity contribution < 1.29 is 24.5 Å². The fraction of sp³-hybridized carbons (Fsp3) is 0.200. The number of aliphatic carboxylic acids is 2. The zero-order valence-electron chi connectivity index (χ0n) is 20.9. The number of hydrogen-bond acceptors (Lipinski definition) is 4. The lowest BCUT2D eigenvalue weighted by Gasteiger charge is -2.17. The van der Waals surface area contributed by atoms with E-state index in [4.69, 9.17) is 14.9 Å². The van der Waals surface area contributed by atoms with Gasteiger partial charge < -0.3 is 19.8 Å². The van der Waals surface area contributed by atoms with Gasteiger partial charge in [0.2, 0.25) is 0 Å². The third kappa shape index (κ3) is 9.60. The van der Waals surface area contributed by atoms with Crippen LogP contribution in [0.1, 0.15) is 30.0 Å². The number of carboxylic acid groups (broad SMARTS) is 2. The number of benzene rings is 3. The summed E-state index contributed by atoms with van der Waals surface area (Å²) in [7, 11) is 4.11. The molecular weight excluding hydrogens is 454 g/mol. The number of hydrogen-bond donors (Lipinski definition) is 2. The minimum absolute atomic E-state index is 0.558. The fourth-order valence-electron chi connectivity index (χ4n) is 3.49. The number of ether oxygens (including phenoxy) is 1. The molecule has 3 aromatic carbocycles. The Hall–Kier alpha value is -4.16. The van der Waals surface area contributed by atoms with Gasteiger partial charge in [0.1, 0.15) is 12.4 Å². The van der Waals surface area contributed by atoms with Crippen molar-refractivity contribution in [2.24, 2.45) is 0 Å². The van der Waals surface area contributed by atoms with Gasteiger partial charge in [0.15, 0.2) is 0 Å². The second kappa shape index (κ2) is 15.0. The topological polar surface area (TPSA) is 87.1 Å². The normalized spacial score (nSPS) is 11.4. The van der Waals surface area contributed by atoms with Crippen LogP contribution < -0.4 is 4.74 Å². The summed E-state index contributed by atoms with van der Waals surface area (Å²) >= 11 is 0. The summed E-state index contributed by atoms with van der Waals surface area (Å²) in [6.45, 7) is 3.83. The summed E-state index contributed by atoms with van der Waals surface area (Å²) in [4.78, 5) is 21.2. The minimum atomic E-state index is -1.26. The molecule has 0 atom stereocenters. The Labute approximate surface area is 212 Å². The quantitative estimate of drug-likeness (QED) is 0.281. The molecule has 3 aromatic rings. The predicted molar refractivity (Wildman–Crippen MR) is 144 cm³/mol. The maximum atomic E-state index is 9.55. The molecule has 2 N–H and O–H groups in total. The van der Waals surface area contributed by atoms with Crippen molar-refractivity contribution >= 4 is 23.1 Å². The van der Waals surface area contributed by atoms with Gasteiger partial charge in [-0.3, -0.25) is 0 Å². The van der Waals surface area contributed by atoms with Crippen molar-refractivity contribution in [1.82, 2.24) is 4.90 Å². The van der Waals surface area contributed by atoms with Gasteiger partial charge in [-0.2, -0.15) is 0 Å². The summed E-state index contributed by atoms with van der Waals surface area (Å²) in [5.74, 6) is -1.60. The van der Waals surface area contributed by atoms with Crippen LogP contribution in [0.2, 0.25) is 0 Å². The molecular formula is C30H33NO5. The summed E-state index contributed by atoms with van der Waals surface area (Å²) in [6.07, 6.45) is 2.08. The van der Waals surface area contributed by atoms with Gasteiger partial charge >= 0.3 is 11.9 Å². The highest BCUT2D eigenvalue weighted by Gasteiger charge is 2.13. The van der Waals surface area contributed by atoms with E-state index in [-0.39, 0.29) is 0 Å². The first-order chi connectivity index (χ1) is 17.3. The molecule has 36 heavy (non-hydrogen) atoms. The van der Waals surface area contributed by atoms with Crippen LogP contribution in [0.4, 0.5) is 0 Å². The van der Waals surface area contributed by atoms with Crippen molar-refractivity contribution in [3.05, 3.63) is 114 Å². The molecule has 0 heterocycles. The van der Waals surface area contributed by atoms with E-state index in [1.54, 1.807) is 0 Å². The summed E-state index contributed by atoms with van der Waals surface area (Å²) in [6, 6.07) is 29.8. The maximum Gasteiger partial charge on any atom is 0.328 e. The molecule has 0 saturated carbocycles. The Morgan fingerprint density at radius 3 is 1.67 bits per heavy atom. The second-order valence-electron chi connectivity index (χ2n) is 8.13. The van der Waals surface area contributed by atoms with E-state index in [2.05, 4.69) is 111 Å². The number of rotatable bonds is 10. The molecule has 0 unspecified atom stereocenters. The van der Waals surface area contributed by atoms with Crippen LogP contribution >= 0.6 is 0 Å². The summed E-state index contributed by atoms with van der Waals surface area (Å²) in [5, 5.41) is 15.6. The number of nitrogens with zero attached hydrogens (tertiary/aromatic N) is 1.